The first-order chi connectivity index (χ1) is 15.3. The van der Waals surface area contributed by atoms with Crippen molar-refractivity contribution in [3.05, 3.63) is 70.3 Å². The van der Waals surface area contributed by atoms with Crippen molar-refractivity contribution in [2.75, 3.05) is 20.1 Å². The van der Waals surface area contributed by atoms with Crippen LogP contribution in [-0.4, -0.2) is 53.6 Å². The Balaban J connectivity index is 1.49. The van der Waals surface area contributed by atoms with Gasteiger partial charge in [-0.05, 0) is 55.2 Å². The van der Waals surface area contributed by atoms with E-state index in [9.17, 15) is 18.0 Å². The first kappa shape index (κ1) is 22.2. The van der Waals surface area contributed by atoms with Crippen molar-refractivity contribution in [3.63, 3.8) is 0 Å². The van der Waals surface area contributed by atoms with Crippen molar-refractivity contribution in [3.8, 4) is 0 Å². The maximum absolute atomic E-state index is 12.9. The van der Waals surface area contributed by atoms with Crippen LogP contribution < -0.4 is 5.56 Å². The van der Waals surface area contributed by atoms with Crippen LogP contribution in [0.1, 0.15) is 35.9 Å². The summed E-state index contributed by atoms with van der Waals surface area (Å²) < 4.78 is 27.4. The lowest BCUT2D eigenvalue weighted by Gasteiger charge is -2.30. The SMILES string of the molecule is CC1CCCN(S(=O)(=O)c2ccc(C(=O)N(C)Cc3nc4ccccc4c(=O)[nH]3)cc2)C1. The molecule has 4 rings (SSSR count). The van der Waals surface area contributed by atoms with E-state index >= 15 is 0 Å². The normalized spacial score (nSPS) is 17.4. The standard InChI is InChI=1S/C23H26N4O4S/c1-16-6-5-13-27(14-16)32(30,31)18-11-9-17(10-12-18)23(29)26(2)15-21-24-20-8-4-3-7-19(20)22(28)25-21/h3-4,7-12,16H,5-6,13-15H2,1-2H3,(H,24,25,28). The smallest absolute Gasteiger partial charge is 0.258 e. The summed E-state index contributed by atoms with van der Waals surface area (Å²) in [5.41, 5.74) is 0.670. The number of rotatable bonds is 5. The highest BCUT2D eigenvalue weighted by atomic mass is 32.2. The lowest BCUT2D eigenvalue weighted by Crippen LogP contribution is -2.39. The predicted molar refractivity (Wildman–Crippen MR) is 122 cm³/mol. The van der Waals surface area contributed by atoms with Gasteiger partial charge in [-0.25, -0.2) is 13.4 Å². The molecular formula is C23H26N4O4S. The molecule has 2 heterocycles. The van der Waals surface area contributed by atoms with Gasteiger partial charge >= 0.3 is 0 Å². The third-order valence-corrected chi connectivity index (χ3v) is 7.63. The number of H-pyrrole nitrogens is 1. The van der Waals surface area contributed by atoms with E-state index in [-0.39, 0.29) is 22.9 Å². The van der Waals surface area contributed by atoms with Crippen LogP contribution in [0, 0.1) is 5.92 Å². The maximum atomic E-state index is 12.9. The fourth-order valence-electron chi connectivity index (χ4n) is 4.01. The number of carbonyl (C=O) groups excluding carboxylic acids is 1. The van der Waals surface area contributed by atoms with E-state index in [4.69, 9.17) is 0 Å². The van der Waals surface area contributed by atoms with Gasteiger partial charge in [-0.3, -0.25) is 9.59 Å². The summed E-state index contributed by atoms with van der Waals surface area (Å²) in [7, 11) is -1.96. The largest absolute Gasteiger partial charge is 0.334 e. The molecule has 1 unspecified atom stereocenters. The third kappa shape index (κ3) is 4.44. The van der Waals surface area contributed by atoms with E-state index in [1.165, 1.54) is 33.5 Å². The average molecular weight is 455 g/mol. The number of amides is 1. The molecule has 0 saturated carbocycles. The van der Waals surface area contributed by atoms with Crippen LogP contribution in [0.2, 0.25) is 0 Å². The zero-order valence-electron chi connectivity index (χ0n) is 18.1. The van der Waals surface area contributed by atoms with Gasteiger partial charge in [-0.15, -0.1) is 0 Å². The van der Waals surface area contributed by atoms with Crippen LogP contribution in [0.5, 0.6) is 0 Å². The van der Waals surface area contributed by atoms with Crippen LogP contribution in [0.15, 0.2) is 58.2 Å². The highest BCUT2D eigenvalue weighted by Gasteiger charge is 2.28. The fourth-order valence-corrected chi connectivity index (χ4v) is 5.61. The molecule has 1 saturated heterocycles. The number of piperidine rings is 1. The van der Waals surface area contributed by atoms with Crippen molar-refractivity contribution in [2.24, 2.45) is 5.92 Å². The van der Waals surface area contributed by atoms with Gasteiger partial charge in [-0.1, -0.05) is 19.1 Å². The van der Waals surface area contributed by atoms with E-state index in [0.717, 1.165) is 12.8 Å². The Morgan fingerprint density at radius 3 is 2.62 bits per heavy atom. The van der Waals surface area contributed by atoms with Gasteiger partial charge in [0.2, 0.25) is 10.0 Å². The molecule has 0 aliphatic carbocycles. The Morgan fingerprint density at radius 2 is 1.91 bits per heavy atom. The topological polar surface area (TPSA) is 103 Å². The van der Waals surface area contributed by atoms with E-state index in [2.05, 4.69) is 16.9 Å². The Kier molecular flexibility index (Phi) is 6.12. The molecule has 1 amide bonds. The molecule has 168 valence electrons. The number of benzene rings is 2. The summed E-state index contributed by atoms with van der Waals surface area (Å²) in [5.74, 6) is 0.419. The van der Waals surface area contributed by atoms with Gasteiger partial charge in [0.15, 0.2) is 0 Å². The minimum absolute atomic E-state index is 0.116. The van der Waals surface area contributed by atoms with Crippen LogP contribution in [-0.2, 0) is 16.6 Å². The molecule has 1 fully saturated rings. The second-order valence-electron chi connectivity index (χ2n) is 8.33. The number of sulfonamides is 1. The quantitative estimate of drug-likeness (QED) is 0.638. The van der Waals surface area contributed by atoms with Crippen LogP contribution >= 0.6 is 0 Å². The van der Waals surface area contributed by atoms with Crippen LogP contribution in [0.25, 0.3) is 10.9 Å². The van der Waals surface area contributed by atoms with E-state index in [0.29, 0.717) is 41.3 Å². The molecule has 9 heteroatoms. The minimum atomic E-state index is -3.57. The number of aromatic nitrogens is 2. The second-order valence-corrected chi connectivity index (χ2v) is 10.3. The van der Waals surface area contributed by atoms with E-state index in [1.807, 2.05) is 0 Å². The number of nitrogens with zero attached hydrogens (tertiary/aromatic N) is 3. The molecule has 0 spiro atoms. The van der Waals surface area contributed by atoms with E-state index in [1.54, 1.807) is 31.3 Å². The number of fused-ring (bicyclic) bond motifs is 1. The number of aromatic amines is 1. The molecule has 2 aromatic carbocycles. The molecule has 1 aromatic heterocycles. The van der Waals surface area contributed by atoms with E-state index < -0.39 is 10.0 Å². The predicted octanol–water partition coefficient (Wildman–Crippen LogP) is 2.62. The number of nitrogens with one attached hydrogen (secondary N) is 1. The lowest BCUT2D eigenvalue weighted by molar-refractivity contribution is 0.0781. The van der Waals surface area contributed by atoms with Crippen molar-refractivity contribution in [2.45, 2.75) is 31.2 Å². The first-order valence-electron chi connectivity index (χ1n) is 10.6. The number of para-hydroxylation sites is 1. The molecule has 1 aliphatic rings. The van der Waals surface area contributed by atoms with Gasteiger partial charge in [0, 0.05) is 25.7 Å². The zero-order chi connectivity index (χ0) is 22.9. The number of carbonyl (C=O) groups is 1. The second kappa shape index (κ2) is 8.84. The third-order valence-electron chi connectivity index (χ3n) is 5.75. The molecule has 1 atom stereocenters. The van der Waals surface area contributed by atoms with Crippen LogP contribution in [0.4, 0.5) is 0 Å². The lowest BCUT2D eigenvalue weighted by atomic mass is 10.0. The summed E-state index contributed by atoms with van der Waals surface area (Å²) in [6.07, 6.45) is 1.88. The summed E-state index contributed by atoms with van der Waals surface area (Å²) >= 11 is 0. The molecular weight excluding hydrogens is 428 g/mol. The first-order valence-corrected chi connectivity index (χ1v) is 12.0. The van der Waals surface area contributed by atoms with Crippen molar-refractivity contribution in [1.29, 1.82) is 0 Å². The zero-order valence-corrected chi connectivity index (χ0v) is 18.9. The molecule has 0 bridgehead atoms. The highest BCUT2D eigenvalue weighted by Crippen LogP contribution is 2.24. The Morgan fingerprint density at radius 1 is 1.19 bits per heavy atom. The van der Waals surface area contributed by atoms with Crippen molar-refractivity contribution >= 4 is 26.8 Å². The van der Waals surface area contributed by atoms with Gasteiger partial charge in [0.25, 0.3) is 11.5 Å². The minimum Gasteiger partial charge on any atom is -0.334 e. The Hall–Kier alpha value is -3.04. The molecule has 1 aliphatic heterocycles. The summed E-state index contributed by atoms with van der Waals surface area (Å²) in [6, 6.07) is 13.0. The van der Waals surface area contributed by atoms with Crippen molar-refractivity contribution in [1.82, 2.24) is 19.2 Å². The van der Waals surface area contributed by atoms with Gasteiger partial charge in [-0.2, -0.15) is 4.31 Å². The van der Waals surface area contributed by atoms with Crippen molar-refractivity contribution < 1.29 is 13.2 Å². The summed E-state index contributed by atoms with van der Waals surface area (Å²) in [4.78, 5) is 33.8. The number of hydrogen-bond donors (Lipinski definition) is 1. The maximum Gasteiger partial charge on any atom is 0.258 e. The average Bonchev–Trinajstić information content (AvgIpc) is 2.78. The van der Waals surface area contributed by atoms with Gasteiger partial charge < -0.3 is 9.88 Å². The molecule has 0 radical (unpaired) electrons. The fraction of sp³-hybridized carbons (Fsp3) is 0.348. The van der Waals surface area contributed by atoms with Crippen LogP contribution in [0.3, 0.4) is 0 Å². The highest BCUT2D eigenvalue weighted by molar-refractivity contribution is 7.89. The molecule has 8 nitrogen and oxygen atoms in total. The molecule has 3 aromatic rings. The summed E-state index contributed by atoms with van der Waals surface area (Å²) in [5, 5.41) is 0.491. The monoisotopic (exact) mass is 454 g/mol. The summed E-state index contributed by atoms with van der Waals surface area (Å²) in [6.45, 7) is 3.21. The Bertz CT molecular complexity index is 1300. The molecule has 32 heavy (non-hydrogen) atoms. The molecule has 1 N–H and O–H groups in total. The number of hydrogen-bond acceptors (Lipinski definition) is 5. The van der Waals surface area contributed by atoms with Gasteiger partial charge in [0.05, 0.1) is 22.3 Å². The Labute approximate surface area is 186 Å². The van der Waals surface area contributed by atoms with Gasteiger partial charge in [0.1, 0.15) is 5.82 Å².